The molecule has 7 nitrogen and oxygen atoms in total. The van der Waals surface area contributed by atoms with Gasteiger partial charge in [-0.15, -0.1) is 0 Å². The van der Waals surface area contributed by atoms with Crippen LogP contribution in [0.5, 0.6) is 0 Å². The first-order valence-electron chi connectivity index (χ1n) is 7.42. The van der Waals surface area contributed by atoms with Crippen LogP contribution in [0, 0.1) is 0 Å². The van der Waals surface area contributed by atoms with Crippen molar-refractivity contribution < 1.29 is 19.4 Å². The van der Waals surface area contributed by atoms with Gasteiger partial charge in [-0.3, -0.25) is 9.58 Å². The van der Waals surface area contributed by atoms with Crippen LogP contribution in [-0.4, -0.2) is 56.0 Å². The van der Waals surface area contributed by atoms with E-state index in [1.807, 2.05) is 33.0 Å². The Labute approximate surface area is 130 Å². The molecule has 2 rings (SSSR count). The number of amides is 1. The van der Waals surface area contributed by atoms with Gasteiger partial charge in [0.1, 0.15) is 17.4 Å². The molecule has 1 aliphatic heterocycles. The molecule has 1 aliphatic rings. The van der Waals surface area contributed by atoms with Crippen molar-refractivity contribution in [3.63, 3.8) is 0 Å². The monoisotopic (exact) mass is 311 g/mol. The average molecular weight is 311 g/mol. The molecule has 1 aromatic heterocycles. The number of hydrogen-bond donors (Lipinski definition) is 1. The van der Waals surface area contributed by atoms with Crippen LogP contribution < -0.4 is 0 Å². The summed E-state index contributed by atoms with van der Waals surface area (Å²) in [6.07, 6.45) is 2.55. The van der Waals surface area contributed by atoms with Crippen molar-refractivity contribution in [1.29, 1.82) is 0 Å². The number of rotatable bonds is 3. The lowest BCUT2D eigenvalue weighted by molar-refractivity contribution is -0.0866. The number of nitrogens with zero attached hydrogens (tertiary/aromatic N) is 3. The first-order valence-corrected chi connectivity index (χ1v) is 7.42. The molecule has 124 valence electrons. The fraction of sp³-hybridized carbons (Fsp3) is 0.733. The highest BCUT2D eigenvalue weighted by Crippen LogP contribution is 2.34. The number of carbonyl (C=O) groups is 1. The summed E-state index contributed by atoms with van der Waals surface area (Å²) in [5.41, 5.74) is -1.45. The summed E-state index contributed by atoms with van der Waals surface area (Å²) >= 11 is 0. The highest BCUT2D eigenvalue weighted by molar-refractivity contribution is 5.70. The summed E-state index contributed by atoms with van der Waals surface area (Å²) in [6, 6.07) is 1.46. The predicted octanol–water partition coefficient (Wildman–Crippen LogP) is 1.62. The van der Waals surface area contributed by atoms with Crippen LogP contribution in [0.15, 0.2) is 18.5 Å². The number of aromatic nitrogens is 2. The zero-order valence-electron chi connectivity index (χ0n) is 13.8. The zero-order valence-corrected chi connectivity index (χ0v) is 13.8. The second kappa shape index (κ2) is 5.89. The molecule has 1 aromatic rings. The molecule has 7 heteroatoms. The second-order valence-electron chi connectivity index (χ2n) is 6.93. The minimum absolute atomic E-state index is 0.172. The maximum Gasteiger partial charge on any atom is 0.412 e. The molecule has 0 spiro atoms. The van der Waals surface area contributed by atoms with Crippen LogP contribution >= 0.6 is 0 Å². The average Bonchev–Trinajstić information content (AvgIpc) is 2.93. The molecule has 22 heavy (non-hydrogen) atoms. The van der Waals surface area contributed by atoms with Crippen LogP contribution in [-0.2, 0) is 16.0 Å². The van der Waals surface area contributed by atoms with Crippen molar-refractivity contribution in [2.75, 3.05) is 6.61 Å². The van der Waals surface area contributed by atoms with Gasteiger partial charge >= 0.3 is 6.09 Å². The smallest absolute Gasteiger partial charge is 0.412 e. The third kappa shape index (κ3) is 3.59. The molecular formula is C15H25N3O4. The Bertz CT molecular complexity index is 507. The summed E-state index contributed by atoms with van der Waals surface area (Å²) in [6.45, 7) is 9.31. The normalized spacial score (nSPS) is 24.5. The van der Waals surface area contributed by atoms with Crippen molar-refractivity contribution >= 4 is 6.09 Å². The molecule has 2 heterocycles. The third-order valence-electron chi connectivity index (χ3n) is 3.48. The maximum atomic E-state index is 12.6. The third-order valence-corrected chi connectivity index (χ3v) is 3.48. The maximum absolute atomic E-state index is 12.6. The van der Waals surface area contributed by atoms with Gasteiger partial charge in [0, 0.05) is 12.4 Å². The zero-order chi connectivity index (χ0) is 16.5. The summed E-state index contributed by atoms with van der Waals surface area (Å²) in [7, 11) is 0. The fourth-order valence-electron chi connectivity index (χ4n) is 2.70. The molecule has 0 aliphatic carbocycles. The lowest BCUT2D eigenvalue weighted by Crippen LogP contribution is -2.51. The van der Waals surface area contributed by atoms with E-state index in [-0.39, 0.29) is 12.6 Å². The largest absolute Gasteiger partial charge is 0.444 e. The van der Waals surface area contributed by atoms with E-state index in [0.717, 1.165) is 0 Å². The minimum Gasteiger partial charge on any atom is -0.444 e. The summed E-state index contributed by atoms with van der Waals surface area (Å²) in [5, 5.41) is 13.8. The Balaban J connectivity index is 2.26. The Morgan fingerprint density at radius 3 is 2.64 bits per heavy atom. The first kappa shape index (κ1) is 16.8. The van der Waals surface area contributed by atoms with E-state index in [4.69, 9.17) is 9.47 Å². The van der Waals surface area contributed by atoms with E-state index in [1.54, 1.807) is 29.6 Å². The number of aliphatic hydroxyl groups excluding tert-OH is 1. The quantitative estimate of drug-likeness (QED) is 0.918. The lowest BCUT2D eigenvalue weighted by atomic mass is 10.1. The molecule has 2 atom stereocenters. The summed E-state index contributed by atoms with van der Waals surface area (Å²) in [4.78, 5) is 14.1. The van der Waals surface area contributed by atoms with E-state index in [9.17, 15) is 9.90 Å². The Kier molecular flexibility index (Phi) is 4.49. The molecule has 0 bridgehead atoms. The summed E-state index contributed by atoms with van der Waals surface area (Å²) in [5.74, 6) is 0. The van der Waals surface area contributed by atoms with Gasteiger partial charge in [0.05, 0.1) is 19.2 Å². The van der Waals surface area contributed by atoms with Gasteiger partial charge in [-0.25, -0.2) is 4.79 Å². The van der Waals surface area contributed by atoms with Crippen molar-refractivity contribution in [2.45, 2.75) is 64.6 Å². The van der Waals surface area contributed by atoms with Gasteiger partial charge in [0.25, 0.3) is 0 Å². The fourth-order valence-corrected chi connectivity index (χ4v) is 2.70. The molecule has 0 aromatic carbocycles. The molecule has 1 N–H and O–H groups in total. The van der Waals surface area contributed by atoms with Crippen LogP contribution in [0.2, 0.25) is 0 Å². The first-order chi connectivity index (χ1) is 10.1. The van der Waals surface area contributed by atoms with Gasteiger partial charge in [-0.05, 0) is 40.7 Å². The number of carbonyl (C=O) groups excluding carboxylic acids is 1. The molecule has 0 saturated carbocycles. The molecule has 1 saturated heterocycles. The van der Waals surface area contributed by atoms with Crippen LogP contribution in [0.1, 0.15) is 34.6 Å². The van der Waals surface area contributed by atoms with Gasteiger partial charge in [-0.1, -0.05) is 0 Å². The highest BCUT2D eigenvalue weighted by atomic mass is 16.6. The Hall–Kier alpha value is -1.60. The number of aliphatic hydroxyl groups is 1. The van der Waals surface area contributed by atoms with Gasteiger partial charge in [0.15, 0.2) is 0 Å². The Morgan fingerprint density at radius 2 is 2.14 bits per heavy atom. The summed E-state index contributed by atoms with van der Waals surface area (Å²) < 4.78 is 13.1. The number of ether oxygens (including phenoxy) is 2. The van der Waals surface area contributed by atoms with Gasteiger partial charge in [0.2, 0.25) is 0 Å². The molecule has 0 radical (unpaired) electrons. The van der Waals surface area contributed by atoms with E-state index in [2.05, 4.69) is 5.10 Å². The van der Waals surface area contributed by atoms with Gasteiger partial charge < -0.3 is 14.6 Å². The highest BCUT2D eigenvalue weighted by Gasteiger charge is 2.51. The van der Waals surface area contributed by atoms with Crippen LogP contribution in [0.3, 0.4) is 0 Å². The van der Waals surface area contributed by atoms with Crippen LogP contribution in [0.25, 0.3) is 0 Å². The Morgan fingerprint density at radius 1 is 1.45 bits per heavy atom. The van der Waals surface area contributed by atoms with E-state index >= 15 is 0 Å². The minimum atomic E-state index is -0.854. The van der Waals surface area contributed by atoms with E-state index in [0.29, 0.717) is 6.54 Å². The van der Waals surface area contributed by atoms with Gasteiger partial charge in [-0.2, -0.15) is 5.10 Å². The molecule has 1 amide bonds. The van der Waals surface area contributed by atoms with Crippen LogP contribution in [0.4, 0.5) is 4.79 Å². The van der Waals surface area contributed by atoms with Crippen molar-refractivity contribution in [3.05, 3.63) is 18.5 Å². The number of hydrogen-bond acceptors (Lipinski definition) is 5. The molecular weight excluding hydrogens is 286 g/mol. The standard InChI is InChI=1S/C15H25N3O4/c1-14(2,3)22-13(20)18-11(9-17-8-6-7-16-17)12(10-19)21-15(18,4)5/h6-8,11-12,19H,9-10H2,1-5H3. The topological polar surface area (TPSA) is 76.8 Å². The molecule has 2 unspecified atom stereocenters. The lowest BCUT2D eigenvalue weighted by Gasteiger charge is -2.35. The van der Waals surface area contributed by atoms with E-state index in [1.165, 1.54) is 0 Å². The SMILES string of the molecule is CC(C)(C)OC(=O)N1C(Cn2cccn2)C(CO)OC1(C)C. The second-order valence-corrected chi connectivity index (χ2v) is 6.93. The van der Waals surface area contributed by atoms with E-state index < -0.39 is 23.5 Å². The molecule has 1 fully saturated rings. The van der Waals surface area contributed by atoms with Crippen molar-refractivity contribution in [3.8, 4) is 0 Å². The van der Waals surface area contributed by atoms with Crippen molar-refractivity contribution in [1.82, 2.24) is 14.7 Å². The predicted molar refractivity (Wildman–Crippen MR) is 80.1 cm³/mol. The van der Waals surface area contributed by atoms with Crippen molar-refractivity contribution in [2.24, 2.45) is 0 Å².